The molecule has 2 aromatic carbocycles. The summed E-state index contributed by atoms with van der Waals surface area (Å²) in [5, 5.41) is 4.63. The molecule has 0 unspecified atom stereocenters. The fourth-order valence-corrected chi connectivity index (χ4v) is 3.47. The lowest BCUT2D eigenvalue weighted by atomic mass is 10.1. The van der Waals surface area contributed by atoms with Gasteiger partial charge in [0.25, 0.3) is 5.89 Å². The van der Waals surface area contributed by atoms with E-state index in [4.69, 9.17) is 20.9 Å². The van der Waals surface area contributed by atoms with Crippen LogP contribution in [0.2, 0.25) is 5.02 Å². The van der Waals surface area contributed by atoms with Crippen LogP contribution in [0.1, 0.15) is 17.4 Å². The van der Waals surface area contributed by atoms with Gasteiger partial charge in [-0.3, -0.25) is 0 Å². The van der Waals surface area contributed by atoms with Crippen molar-refractivity contribution in [2.45, 2.75) is 19.3 Å². The van der Waals surface area contributed by atoms with Crippen LogP contribution in [0.3, 0.4) is 0 Å². The molecule has 5 rings (SSSR count). The van der Waals surface area contributed by atoms with Crippen molar-refractivity contribution < 1.29 is 9.26 Å². The van der Waals surface area contributed by atoms with Crippen LogP contribution in [-0.4, -0.2) is 19.7 Å². The Labute approximate surface area is 160 Å². The minimum absolute atomic E-state index is 0.00196. The second-order valence-electron chi connectivity index (χ2n) is 6.31. The Morgan fingerprint density at radius 2 is 1.85 bits per heavy atom. The molecule has 0 fully saturated rings. The highest BCUT2D eigenvalue weighted by molar-refractivity contribution is 6.33. The number of aromatic nitrogens is 4. The largest absolute Gasteiger partial charge is 0.365 e. The molecule has 4 aromatic rings. The number of imidazole rings is 1. The maximum atomic E-state index is 6.22. The summed E-state index contributed by atoms with van der Waals surface area (Å²) in [5.41, 5.74) is 3.45. The maximum absolute atomic E-state index is 6.22. The second kappa shape index (κ2) is 6.64. The van der Waals surface area contributed by atoms with E-state index in [0.29, 0.717) is 35.6 Å². The van der Waals surface area contributed by atoms with E-state index in [1.54, 1.807) is 12.4 Å². The predicted octanol–water partition coefficient (Wildman–Crippen LogP) is 4.53. The first-order chi connectivity index (χ1) is 13.3. The highest BCUT2D eigenvalue weighted by Crippen LogP contribution is 2.32. The van der Waals surface area contributed by atoms with E-state index in [9.17, 15) is 0 Å². The van der Waals surface area contributed by atoms with E-state index >= 15 is 0 Å². The van der Waals surface area contributed by atoms with Crippen molar-refractivity contribution in [3.05, 3.63) is 77.2 Å². The quantitative estimate of drug-likeness (QED) is 0.524. The van der Waals surface area contributed by atoms with Crippen molar-refractivity contribution in [1.29, 1.82) is 0 Å². The first kappa shape index (κ1) is 16.2. The molecule has 0 saturated heterocycles. The van der Waals surface area contributed by atoms with Gasteiger partial charge in [-0.25, -0.2) is 4.98 Å². The van der Waals surface area contributed by atoms with Crippen LogP contribution in [-0.2, 0) is 17.9 Å². The predicted molar refractivity (Wildman–Crippen MR) is 99.9 cm³/mol. The number of hydrogen-bond acceptors (Lipinski definition) is 5. The van der Waals surface area contributed by atoms with Crippen molar-refractivity contribution >= 4 is 11.6 Å². The summed E-state index contributed by atoms with van der Waals surface area (Å²) in [6.45, 7) is 1.12. The molecule has 0 amide bonds. The van der Waals surface area contributed by atoms with Gasteiger partial charge >= 0.3 is 0 Å². The first-order valence-electron chi connectivity index (χ1n) is 8.59. The van der Waals surface area contributed by atoms with Crippen molar-refractivity contribution in [1.82, 2.24) is 19.7 Å². The lowest BCUT2D eigenvalue weighted by Crippen LogP contribution is -2.20. The lowest BCUT2D eigenvalue weighted by Gasteiger charge is -2.25. The van der Waals surface area contributed by atoms with Gasteiger partial charge < -0.3 is 13.8 Å². The van der Waals surface area contributed by atoms with E-state index in [1.165, 1.54) is 0 Å². The average molecular weight is 379 g/mol. The molecule has 2 aromatic heterocycles. The molecule has 0 aliphatic carbocycles. The number of benzene rings is 2. The summed E-state index contributed by atoms with van der Waals surface area (Å²) in [5.74, 6) is 0.802. The van der Waals surface area contributed by atoms with Crippen LogP contribution in [0, 0.1) is 0 Å². The number of fused-ring (bicyclic) bond motifs is 1. The van der Waals surface area contributed by atoms with E-state index in [-0.39, 0.29) is 6.10 Å². The Kier molecular flexibility index (Phi) is 3.99. The molecule has 0 spiro atoms. The number of halogens is 1. The molecule has 0 N–H and O–H groups in total. The van der Waals surface area contributed by atoms with E-state index < -0.39 is 0 Å². The van der Waals surface area contributed by atoms with Gasteiger partial charge in [0, 0.05) is 5.56 Å². The van der Waals surface area contributed by atoms with Crippen LogP contribution in [0.4, 0.5) is 0 Å². The van der Waals surface area contributed by atoms with Crippen molar-refractivity contribution in [3.63, 3.8) is 0 Å². The fourth-order valence-electron chi connectivity index (χ4n) is 3.25. The Morgan fingerprint density at radius 1 is 1.04 bits per heavy atom. The van der Waals surface area contributed by atoms with Gasteiger partial charge in [-0.15, -0.1) is 0 Å². The van der Waals surface area contributed by atoms with Crippen LogP contribution in [0.15, 0.2) is 65.4 Å². The molecule has 6 nitrogen and oxygen atoms in total. The summed E-state index contributed by atoms with van der Waals surface area (Å²) in [6.07, 6.45) is 1.80. The molecule has 7 heteroatoms. The lowest BCUT2D eigenvalue weighted by molar-refractivity contribution is 0.00330. The topological polar surface area (TPSA) is 66.0 Å². The molecule has 1 atom stereocenters. The summed E-state index contributed by atoms with van der Waals surface area (Å²) in [7, 11) is 0. The van der Waals surface area contributed by atoms with Gasteiger partial charge in [-0.1, -0.05) is 59.2 Å². The molecule has 27 heavy (non-hydrogen) atoms. The molecule has 0 saturated carbocycles. The molecular weight excluding hydrogens is 364 g/mol. The Morgan fingerprint density at radius 3 is 2.70 bits per heavy atom. The summed E-state index contributed by atoms with van der Waals surface area (Å²) >= 11 is 6.22. The zero-order chi connectivity index (χ0) is 18.2. The van der Waals surface area contributed by atoms with Crippen LogP contribution in [0.5, 0.6) is 0 Å². The van der Waals surface area contributed by atoms with E-state index in [1.807, 2.05) is 36.4 Å². The molecule has 1 aliphatic heterocycles. The standard InChI is InChI=1S/C20H15ClN4O2/c21-15-9-5-4-8-14(15)19-23-20(27-24-19)18-16-11-26-17(10-25(16)12-22-18)13-6-2-1-3-7-13/h1-9,12,17H,10-11H2/t17-/m0/s1. The monoisotopic (exact) mass is 378 g/mol. The number of rotatable bonds is 3. The van der Waals surface area contributed by atoms with Gasteiger partial charge in [0.1, 0.15) is 6.10 Å². The highest BCUT2D eigenvalue weighted by Gasteiger charge is 2.26. The molecule has 3 heterocycles. The van der Waals surface area contributed by atoms with Gasteiger partial charge in [-0.2, -0.15) is 4.98 Å². The van der Waals surface area contributed by atoms with Gasteiger partial charge in [0.15, 0.2) is 5.69 Å². The van der Waals surface area contributed by atoms with E-state index in [2.05, 4.69) is 31.8 Å². The van der Waals surface area contributed by atoms with Crippen LogP contribution >= 0.6 is 11.6 Å². The van der Waals surface area contributed by atoms with E-state index in [0.717, 1.165) is 16.8 Å². The third kappa shape index (κ3) is 2.93. The smallest absolute Gasteiger partial charge is 0.278 e. The highest BCUT2D eigenvalue weighted by atomic mass is 35.5. The Balaban J connectivity index is 1.44. The molecule has 0 radical (unpaired) electrons. The summed E-state index contributed by atoms with van der Waals surface area (Å²) in [4.78, 5) is 8.95. The Hall–Kier alpha value is -2.96. The van der Waals surface area contributed by atoms with Gasteiger partial charge in [-0.05, 0) is 17.7 Å². The summed E-state index contributed by atoms with van der Waals surface area (Å²) < 4.78 is 13.6. The van der Waals surface area contributed by atoms with Crippen LogP contribution in [0.25, 0.3) is 23.0 Å². The SMILES string of the molecule is Clc1ccccc1-c1noc(-c2ncn3c2CO[C@H](c2ccccc2)C3)n1. The zero-order valence-electron chi connectivity index (χ0n) is 14.2. The maximum Gasteiger partial charge on any atom is 0.278 e. The Bertz CT molecular complexity index is 1090. The third-order valence-corrected chi connectivity index (χ3v) is 4.97. The van der Waals surface area contributed by atoms with Crippen molar-refractivity contribution in [3.8, 4) is 23.0 Å². The average Bonchev–Trinajstić information content (AvgIpc) is 3.35. The fraction of sp³-hybridized carbons (Fsp3) is 0.150. The normalized spacial score (nSPS) is 16.3. The van der Waals surface area contributed by atoms with Crippen LogP contribution < -0.4 is 0 Å². The molecule has 134 valence electrons. The van der Waals surface area contributed by atoms with Gasteiger partial charge in [0.2, 0.25) is 5.82 Å². The van der Waals surface area contributed by atoms with Crippen molar-refractivity contribution in [2.75, 3.05) is 0 Å². The minimum atomic E-state index is 0.00196. The molecule has 0 bridgehead atoms. The first-order valence-corrected chi connectivity index (χ1v) is 8.97. The molecular formula is C20H15ClN4O2. The third-order valence-electron chi connectivity index (χ3n) is 4.64. The number of hydrogen-bond donors (Lipinski definition) is 0. The second-order valence-corrected chi connectivity index (χ2v) is 6.71. The van der Waals surface area contributed by atoms with Crippen molar-refractivity contribution in [2.24, 2.45) is 0 Å². The zero-order valence-corrected chi connectivity index (χ0v) is 15.0. The summed E-state index contributed by atoms with van der Waals surface area (Å²) in [6, 6.07) is 17.6. The number of ether oxygens (including phenoxy) is 1. The molecule has 1 aliphatic rings. The number of nitrogens with zero attached hydrogens (tertiary/aromatic N) is 4. The van der Waals surface area contributed by atoms with Gasteiger partial charge in [0.05, 0.1) is 30.2 Å². The minimum Gasteiger partial charge on any atom is -0.365 e.